The Morgan fingerprint density at radius 3 is 2.89 bits per heavy atom. The molecule has 1 N–H and O–H groups in total. The van der Waals surface area contributed by atoms with Crippen molar-refractivity contribution in [1.29, 1.82) is 0 Å². The molecule has 2 rings (SSSR count). The summed E-state index contributed by atoms with van der Waals surface area (Å²) >= 11 is 0. The SMILES string of the molecule is CCNCc1cncc(N2C(C)CCC2CC)n1. The van der Waals surface area contributed by atoms with Crippen LogP contribution in [0.25, 0.3) is 0 Å². The second-order valence-electron chi connectivity index (χ2n) is 5.04. The molecule has 1 aliphatic heterocycles. The Bertz CT molecular complexity index is 380. The normalized spacial score (nSPS) is 23.6. The van der Waals surface area contributed by atoms with E-state index in [1.807, 2.05) is 12.4 Å². The molecule has 1 aliphatic rings. The van der Waals surface area contributed by atoms with E-state index in [0.29, 0.717) is 12.1 Å². The topological polar surface area (TPSA) is 41.1 Å². The summed E-state index contributed by atoms with van der Waals surface area (Å²) in [5, 5.41) is 3.30. The van der Waals surface area contributed by atoms with Crippen molar-refractivity contribution in [2.75, 3.05) is 11.4 Å². The quantitative estimate of drug-likeness (QED) is 0.868. The highest BCUT2D eigenvalue weighted by Crippen LogP contribution is 2.30. The lowest BCUT2D eigenvalue weighted by Gasteiger charge is -2.29. The second-order valence-corrected chi connectivity index (χ2v) is 5.04. The zero-order valence-corrected chi connectivity index (χ0v) is 11.7. The van der Waals surface area contributed by atoms with E-state index in [4.69, 9.17) is 4.98 Å². The van der Waals surface area contributed by atoms with Gasteiger partial charge >= 0.3 is 0 Å². The first-order valence-corrected chi connectivity index (χ1v) is 7.06. The molecule has 4 heteroatoms. The minimum absolute atomic E-state index is 0.582. The van der Waals surface area contributed by atoms with E-state index >= 15 is 0 Å². The minimum atomic E-state index is 0.582. The minimum Gasteiger partial charge on any atom is -0.350 e. The molecule has 2 heterocycles. The lowest BCUT2D eigenvalue weighted by Crippen LogP contribution is -2.35. The molecule has 18 heavy (non-hydrogen) atoms. The van der Waals surface area contributed by atoms with Crippen molar-refractivity contribution >= 4 is 5.82 Å². The zero-order chi connectivity index (χ0) is 13.0. The first-order valence-electron chi connectivity index (χ1n) is 7.06. The summed E-state index contributed by atoms with van der Waals surface area (Å²) in [6.45, 7) is 8.41. The molecule has 2 unspecified atom stereocenters. The third-order valence-electron chi connectivity index (χ3n) is 3.75. The van der Waals surface area contributed by atoms with Gasteiger partial charge < -0.3 is 10.2 Å². The highest BCUT2D eigenvalue weighted by atomic mass is 15.3. The molecule has 0 aliphatic carbocycles. The smallest absolute Gasteiger partial charge is 0.147 e. The van der Waals surface area contributed by atoms with Crippen LogP contribution in [-0.2, 0) is 6.54 Å². The van der Waals surface area contributed by atoms with Gasteiger partial charge in [0.25, 0.3) is 0 Å². The fourth-order valence-electron chi connectivity index (χ4n) is 2.74. The molecular formula is C14H24N4. The Morgan fingerprint density at radius 2 is 2.17 bits per heavy atom. The lowest BCUT2D eigenvalue weighted by molar-refractivity contribution is 0.615. The van der Waals surface area contributed by atoms with E-state index in [1.165, 1.54) is 19.3 Å². The van der Waals surface area contributed by atoms with Crippen LogP contribution < -0.4 is 10.2 Å². The number of hydrogen-bond acceptors (Lipinski definition) is 4. The largest absolute Gasteiger partial charge is 0.350 e. The molecule has 0 bridgehead atoms. The van der Waals surface area contributed by atoms with Gasteiger partial charge in [-0.3, -0.25) is 4.98 Å². The van der Waals surface area contributed by atoms with E-state index in [1.54, 1.807) is 0 Å². The molecule has 100 valence electrons. The maximum atomic E-state index is 4.74. The van der Waals surface area contributed by atoms with Crippen LogP contribution in [0.3, 0.4) is 0 Å². The van der Waals surface area contributed by atoms with Gasteiger partial charge in [-0.05, 0) is 32.7 Å². The molecule has 4 nitrogen and oxygen atoms in total. The Morgan fingerprint density at radius 1 is 1.33 bits per heavy atom. The first-order chi connectivity index (χ1) is 8.76. The zero-order valence-electron chi connectivity index (χ0n) is 11.7. The standard InChI is InChI=1S/C14H24N4/c1-4-13-7-6-11(3)18(13)14-10-16-9-12(17-14)8-15-5-2/h9-11,13,15H,4-8H2,1-3H3. The predicted molar refractivity (Wildman–Crippen MR) is 74.7 cm³/mol. The monoisotopic (exact) mass is 248 g/mol. The van der Waals surface area contributed by atoms with Gasteiger partial charge in [-0.2, -0.15) is 0 Å². The highest BCUT2D eigenvalue weighted by molar-refractivity contribution is 5.41. The summed E-state index contributed by atoms with van der Waals surface area (Å²) in [7, 11) is 0. The maximum Gasteiger partial charge on any atom is 0.147 e. The molecule has 0 saturated carbocycles. The van der Waals surface area contributed by atoms with Crippen molar-refractivity contribution in [1.82, 2.24) is 15.3 Å². The molecule has 1 saturated heterocycles. The van der Waals surface area contributed by atoms with Crippen molar-refractivity contribution in [3.63, 3.8) is 0 Å². The number of nitrogens with one attached hydrogen (secondary N) is 1. The van der Waals surface area contributed by atoms with Crippen LogP contribution >= 0.6 is 0 Å². The fraction of sp³-hybridized carbons (Fsp3) is 0.714. The number of aromatic nitrogens is 2. The van der Waals surface area contributed by atoms with E-state index in [9.17, 15) is 0 Å². The van der Waals surface area contributed by atoms with E-state index in [0.717, 1.165) is 24.6 Å². The Balaban J connectivity index is 2.16. The van der Waals surface area contributed by atoms with E-state index < -0.39 is 0 Å². The number of nitrogens with zero attached hydrogens (tertiary/aromatic N) is 3. The Labute approximate surface area is 110 Å². The van der Waals surface area contributed by atoms with Crippen LogP contribution in [-0.4, -0.2) is 28.6 Å². The Hall–Kier alpha value is -1.16. The summed E-state index contributed by atoms with van der Waals surface area (Å²) < 4.78 is 0. The summed E-state index contributed by atoms with van der Waals surface area (Å²) in [5.41, 5.74) is 1.03. The van der Waals surface area contributed by atoms with Crippen molar-refractivity contribution in [2.24, 2.45) is 0 Å². The maximum absolute atomic E-state index is 4.74. The molecule has 0 aromatic carbocycles. The average molecular weight is 248 g/mol. The number of anilines is 1. The van der Waals surface area contributed by atoms with Crippen molar-refractivity contribution in [3.05, 3.63) is 18.1 Å². The summed E-state index contributed by atoms with van der Waals surface area (Å²) in [4.78, 5) is 11.5. The van der Waals surface area contributed by atoms with Gasteiger partial charge in [0.1, 0.15) is 5.82 Å². The fourth-order valence-corrected chi connectivity index (χ4v) is 2.74. The van der Waals surface area contributed by atoms with Gasteiger partial charge in [-0.1, -0.05) is 13.8 Å². The molecule has 2 atom stereocenters. The first kappa shape index (κ1) is 13.3. The van der Waals surface area contributed by atoms with Crippen LogP contribution in [0, 0.1) is 0 Å². The lowest BCUT2D eigenvalue weighted by atomic mass is 10.1. The third kappa shape index (κ3) is 2.80. The molecule has 1 aromatic heterocycles. The molecule has 0 radical (unpaired) electrons. The van der Waals surface area contributed by atoms with Gasteiger partial charge in [-0.15, -0.1) is 0 Å². The van der Waals surface area contributed by atoms with E-state index in [-0.39, 0.29) is 0 Å². The highest BCUT2D eigenvalue weighted by Gasteiger charge is 2.30. The van der Waals surface area contributed by atoms with Gasteiger partial charge in [0.15, 0.2) is 0 Å². The number of hydrogen-bond donors (Lipinski definition) is 1. The van der Waals surface area contributed by atoms with Crippen LogP contribution in [0.5, 0.6) is 0 Å². The van der Waals surface area contributed by atoms with Crippen LogP contribution in [0.1, 0.15) is 45.7 Å². The molecule has 1 aromatic rings. The van der Waals surface area contributed by atoms with Crippen molar-refractivity contribution in [2.45, 2.75) is 58.7 Å². The van der Waals surface area contributed by atoms with Crippen molar-refractivity contribution in [3.8, 4) is 0 Å². The van der Waals surface area contributed by atoms with Gasteiger partial charge in [0.2, 0.25) is 0 Å². The molecule has 0 amide bonds. The Kier molecular flexibility index (Phi) is 4.53. The third-order valence-corrected chi connectivity index (χ3v) is 3.75. The van der Waals surface area contributed by atoms with Crippen LogP contribution in [0.4, 0.5) is 5.82 Å². The van der Waals surface area contributed by atoms with E-state index in [2.05, 4.69) is 36.0 Å². The average Bonchev–Trinajstić information content (AvgIpc) is 2.78. The summed E-state index contributed by atoms with van der Waals surface area (Å²) in [6.07, 6.45) is 7.48. The molecule has 0 spiro atoms. The second kappa shape index (κ2) is 6.14. The van der Waals surface area contributed by atoms with Crippen LogP contribution in [0.2, 0.25) is 0 Å². The summed E-state index contributed by atoms with van der Waals surface area (Å²) in [6, 6.07) is 1.21. The van der Waals surface area contributed by atoms with Gasteiger partial charge in [0, 0.05) is 24.8 Å². The van der Waals surface area contributed by atoms with Crippen molar-refractivity contribution < 1.29 is 0 Å². The van der Waals surface area contributed by atoms with Gasteiger partial charge in [0.05, 0.1) is 11.9 Å². The molecular weight excluding hydrogens is 224 g/mol. The molecule has 1 fully saturated rings. The predicted octanol–water partition coefficient (Wildman–Crippen LogP) is 2.35. The number of rotatable bonds is 5. The van der Waals surface area contributed by atoms with Crippen LogP contribution in [0.15, 0.2) is 12.4 Å². The van der Waals surface area contributed by atoms with Gasteiger partial charge in [-0.25, -0.2) is 4.98 Å². The summed E-state index contributed by atoms with van der Waals surface area (Å²) in [5.74, 6) is 1.04.